The summed E-state index contributed by atoms with van der Waals surface area (Å²) in [6.45, 7) is 5.31. The van der Waals surface area contributed by atoms with Crippen molar-refractivity contribution in [2.75, 3.05) is 19.8 Å². The van der Waals surface area contributed by atoms with E-state index in [9.17, 15) is 4.79 Å². The molecule has 17 heavy (non-hydrogen) atoms. The van der Waals surface area contributed by atoms with Gasteiger partial charge in [0.15, 0.2) is 6.61 Å². The first-order valence-electron chi connectivity index (χ1n) is 5.88. The van der Waals surface area contributed by atoms with Crippen molar-refractivity contribution in [1.29, 1.82) is 0 Å². The van der Waals surface area contributed by atoms with Crippen LogP contribution in [0.2, 0.25) is 0 Å². The molecule has 1 aromatic carbocycles. The van der Waals surface area contributed by atoms with Crippen LogP contribution in [0.25, 0.3) is 0 Å². The normalized spacial score (nSPS) is 9.76. The molecular formula is C13H19NO3. The van der Waals surface area contributed by atoms with Crippen molar-refractivity contribution in [2.45, 2.75) is 20.3 Å². The molecule has 0 saturated carbocycles. The highest BCUT2D eigenvalue weighted by Crippen LogP contribution is 2.17. The monoisotopic (exact) mass is 237 g/mol. The fourth-order valence-electron chi connectivity index (χ4n) is 1.26. The summed E-state index contributed by atoms with van der Waals surface area (Å²) >= 11 is 0. The number of ether oxygens (including phenoxy) is 2. The van der Waals surface area contributed by atoms with Gasteiger partial charge >= 0.3 is 0 Å². The van der Waals surface area contributed by atoms with Gasteiger partial charge in [-0.3, -0.25) is 4.79 Å². The lowest BCUT2D eigenvalue weighted by Gasteiger charge is -2.07. The maximum absolute atomic E-state index is 11.3. The highest BCUT2D eigenvalue weighted by atomic mass is 16.5. The van der Waals surface area contributed by atoms with Gasteiger partial charge in [-0.1, -0.05) is 6.92 Å². The maximum Gasteiger partial charge on any atom is 0.257 e. The van der Waals surface area contributed by atoms with Crippen LogP contribution in [-0.2, 0) is 4.79 Å². The van der Waals surface area contributed by atoms with E-state index in [1.165, 1.54) is 0 Å². The lowest BCUT2D eigenvalue weighted by atomic mass is 10.3. The molecule has 0 bridgehead atoms. The molecular weight excluding hydrogens is 218 g/mol. The van der Waals surface area contributed by atoms with Gasteiger partial charge in [0, 0.05) is 6.54 Å². The van der Waals surface area contributed by atoms with Crippen molar-refractivity contribution in [3.8, 4) is 11.5 Å². The van der Waals surface area contributed by atoms with Gasteiger partial charge in [-0.15, -0.1) is 0 Å². The van der Waals surface area contributed by atoms with Crippen LogP contribution in [0, 0.1) is 0 Å². The first-order chi connectivity index (χ1) is 8.26. The van der Waals surface area contributed by atoms with Crippen molar-refractivity contribution in [3.63, 3.8) is 0 Å². The molecule has 4 nitrogen and oxygen atoms in total. The molecule has 0 fully saturated rings. The molecule has 0 unspecified atom stereocenters. The van der Waals surface area contributed by atoms with E-state index in [0.29, 0.717) is 18.9 Å². The van der Waals surface area contributed by atoms with Crippen LogP contribution in [0.3, 0.4) is 0 Å². The molecule has 0 atom stereocenters. The van der Waals surface area contributed by atoms with Crippen molar-refractivity contribution >= 4 is 5.91 Å². The zero-order chi connectivity index (χ0) is 12.5. The minimum Gasteiger partial charge on any atom is -0.494 e. The summed E-state index contributed by atoms with van der Waals surface area (Å²) in [6, 6.07) is 7.22. The molecule has 0 aliphatic heterocycles. The van der Waals surface area contributed by atoms with Crippen LogP contribution >= 0.6 is 0 Å². The number of carbonyl (C=O) groups excluding carboxylic acids is 1. The molecule has 1 amide bonds. The number of benzene rings is 1. The highest BCUT2D eigenvalue weighted by Gasteiger charge is 2.01. The molecule has 4 heteroatoms. The second kappa shape index (κ2) is 7.54. The summed E-state index contributed by atoms with van der Waals surface area (Å²) in [7, 11) is 0. The van der Waals surface area contributed by atoms with E-state index < -0.39 is 0 Å². The maximum atomic E-state index is 11.3. The molecule has 0 heterocycles. The third kappa shape index (κ3) is 5.24. The average Bonchev–Trinajstić information content (AvgIpc) is 2.36. The van der Waals surface area contributed by atoms with Gasteiger partial charge < -0.3 is 14.8 Å². The number of hydrogen-bond donors (Lipinski definition) is 1. The minimum atomic E-state index is -0.0965. The number of carbonyl (C=O) groups is 1. The summed E-state index contributed by atoms with van der Waals surface area (Å²) in [4.78, 5) is 11.3. The second-order valence-electron chi connectivity index (χ2n) is 3.54. The second-order valence-corrected chi connectivity index (χ2v) is 3.54. The standard InChI is InChI=1S/C13H19NO3/c1-3-9-14-13(15)10-17-12-7-5-11(6-8-12)16-4-2/h5-8H,3-4,9-10H2,1-2H3,(H,14,15). The zero-order valence-corrected chi connectivity index (χ0v) is 10.4. The average molecular weight is 237 g/mol. The summed E-state index contributed by atoms with van der Waals surface area (Å²) in [5.41, 5.74) is 0. The van der Waals surface area contributed by atoms with Crippen LogP contribution < -0.4 is 14.8 Å². The Balaban J connectivity index is 2.34. The predicted octanol–water partition coefficient (Wildman–Crippen LogP) is 1.99. The predicted molar refractivity (Wildman–Crippen MR) is 66.4 cm³/mol. The largest absolute Gasteiger partial charge is 0.494 e. The third-order valence-electron chi connectivity index (χ3n) is 2.08. The lowest BCUT2D eigenvalue weighted by Crippen LogP contribution is -2.29. The Hall–Kier alpha value is -1.71. The smallest absolute Gasteiger partial charge is 0.257 e. The first-order valence-corrected chi connectivity index (χ1v) is 5.88. The van der Waals surface area contributed by atoms with E-state index in [2.05, 4.69) is 5.32 Å². The number of rotatable bonds is 7. The first kappa shape index (κ1) is 13.4. The van der Waals surface area contributed by atoms with Crippen molar-refractivity contribution in [3.05, 3.63) is 24.3 Å². The van der Waals surface area contributed by atoms with Gasteiger partial charge in [0.25, 0.3) is 5.91 Å². The zero-order valence-electron chi connectivity index (χ0n) is 10.4. The van der Waals surface area contributed by atoms with E-state index in [-0.39, 0.29) is 12.5 Å². The molecule has 0 spiro atoms. The van der Waals surface area contributed by atoms with Crippen LogP contribution in [0.4, 0.5) is 0 Å². The molecule has 0 aromatic heterocycles. The Bertz CT molecular complexity index is 335. The van der Waals surface area contributed by atoms with Gasteiger partial charge in [0.05, 0.1) is 6.61 Å². The van der Waals surface area contributed by atoms with Crippen molar-refractivity contribution in [1.82, 2.24) is 5.32 Å². The van der Waals surface area contributed by atoms with E-state index in [1.54, 1.807) is 12.1 Å². The van der Waals surface area contributed by atoms with Gasteiger partial charge in [-0.25, -0.2) is 0 Å². The minimum absolute atomic E-state index is 0.0496. The molecule has 0 aliphatic carbocycles. The van der Waals surface area contributed by atoms with E-state index in [0.717, 1.165) is 12.2 Å². The van der Waals surface area contributed by atoms with E-state index in [1.807, 2.05) is 26.0 Å². The SMILES string of the molecule is CCCNC(=O)COc1ccc(OCC)cc1. The summed E-state index contributed by atoms with van der Waals surface area (Å²) in [5.74, 6) is 1.37. The quantitative estimate of drug-likeness (QED) is 0.789. The van der Waals surface area contributed by atoms with E-state index in [4.69, 9.17) is 9.47 Å². The fraction of sp³-hybridized carbons (Fsp3) is 0.462. The van der Waals surface area contributed by atoms with Crippen LogP contribution in [0.15, 0.2) is 24.3 Å². The van der Waals surface area contributed by atoms with Crippen LogP contribution in [0.1, 0.15) is 20.3 Å². The van der Waals surface area contributed by atoms with Gasteiger partial charge in [-0.2, -0.15) is 0 Å². The van der Waals surface area contributed by atoms with Gasteiger partial charge in [0.2, 0.25) is 0 Å². The Morgan fingerprint density at radius 3 is 2.24 bits per heavy atom. The van der Waals surface area contributed by atoms with Crippen molar-refractivity contribution in [2.24, 2.45) is 0 Å². The van der Waals surface area contributed by atoms with Crippen LogP contribution in [0.5, 0.6) is 11.5 Å². The summed E-state index contributed by atoms with van der Waals surface area (Å²) < 4.78 is 10.6. The molecule has 94 valence electrons. The molecule has 1 aromatic rings. The van der Waals surface area contributed by atoms with Crippen LogP contribution in [-0.4, -0.2) is 25.7 Å². The fourth-order valence-corrected chi connectivity index (χ4v) is 1.26. The lowest BCUT2D eigenvalue weighted by molar-refractivity contribution is -0.123. The Morgan fingerprint density at radius 1 is 1.12 bits per heavy atom. The highest BCUT2D eigenvalue weighted by molar-refractivity contribution is 5.77. The summed E-state index contributed by atoms with van der Waals surface area (Å²) in [5, 5.41) is 2.75. The molecule has 0 saturated heterocycles. The Morgan fingerprint density at radius 2 is 1.71 bits per heavy atom. The van der Waals surface area contributed by atoms with Crippen molar-refractivity contribution < 1.29 is 14.3 Å². The van der Waals surface area contributed by atoms with Gasteiger partial charge in [0.1, 0.15) is 11.5 Å². The Labute approximate surface area is 102 Å². The Kier molecular flexibility index (Phi) is 5.93. The van der Waals surface area contributed by atoms with Gasteiger partial charge in [-0.05, 0) is 37.6 Å². The number of amides is 1. The number of nitrogens with one attached hydrogen (secondary N) is 1. The number of hydrogen-bond acceptors (Lipinski definition) is 3. The van der Waals surface area contributed by atoms with E-state index >= 15 is 0 Å². The molecule has 0 radical (unpaired) electrons. The molecule has 1 rings (SSSR count). The molecule has 0 aliphatic rings. The summed E-state index contributed by atoms with van der Waals surface area (Å²) in [6.07, 6.45) is 0.925. The topological polar surface area (TPSA) is 47.6 Å². The molecule has 1 N–H and O–H groups in total. The third-order valence-corrected chi connectivity index (χ3v) is 2.08.